The van der Waals surface area contributed by atoms with Gasteiger partial charge in [0.25, 0.3) is 0 Å². The van der Waals surface area contributed by atoms with Gasteiger partial charge in [-0.1, -0.05) is 18.2 Å². The van der Waals surface area contributed by atoms with Crippen molar-refractivity contribution in [2.45, 2.75) is 6.42 Å². The van der Waals surface area contributed by atoms with Crippen LogP contribution in [-0.2, 0) is 4.79 Å². The van der Waals surface area contributed by atoms with Gasteiger partial charge in [0, 0.05) is 11.6 Å². The molecular weight excluding hydrogens is 206 g/mol. The second-order valence-corrected chi connectivity index (χ2v) is 3.32. The molecule has 0 bridgehead atoms. The summed E-state index contributed by atoms with van der Waals surface area (Å²) in [6.45, 7) is 0.158. The molecule has 0 aliphatic heterocycles. The Morgan fingerprint density at radius 1 is 1.31 bits per heavy atom. The molecule has 2 rings (SSSR count). The first kappa shape index (κ1) is 10.4. The normalized spacial score (nSPS) is 10.2. The third kappa shape index (κ3) is 2.28. The Labute approximate surface area is 92.5 Å². The molecule has 0 aliphatic rings. The Morgan fingerprint density at radius 3 is 2.94 bits per heavy atom. The Morgan fingerprint density at radius 2 is 2.12 bits per heavy atom. The van der Waals surface area contributed by atoms with Gasteiger partial charge in [-0.3, -0.25) is 9.78 Å². The Bertz CT molecular complexity index is 505. The second kappa shape index (κ2) is 4.61. The van der Waals surface area contributed by atoms with E-state index in [4.69, 9.17) is 9.84 Å². The predicted molar refractivity (Wildman–Crippen MR) is 59.5 cm³/mol. The molecule has 4 heteroatoms. The quantitative estimate of drug-likeness (QED) is 0.851. The van der Waals surface area contributed by atoms with Crippen LogP contribution in [0.3, 0.4) is 0 Å². The van der Waals surface area contributed by atoms with Gasteiger partial charge >= 0.3 is 5.97 Å². The van der Waals surface area contributed by atoms with Gasteiger partial charge in [0.2, 0.25) is 0 Å². The SMILES string of the molecule is O=C(O)CCOc1cccc2cccnc12. The maximum Gasteiger partial charge on any atom is 0.306 e. The summed E-state index contributed by atoms with van der Waals surface area (Å²) in [5.74, 6) is -0.243. The van der Waals surface area contributed by atoms with Crippen molar-refractivity contribution in [1.82, 2.24) is 4.98 Å². The van der Waals surface area contributed by atoms with E-state index in [9.17, 15) is 4.79 Å². The fourth-order valence-corrected chi connectivity index (χ4v) is 1.44. The number of aliphatic carboxylic acids is 1. The highest BCUT2D eigenvalue weighted by molar-refractivity contribution is 5.84. The lowest BCUT2D eigenvalue weighted by Crippen LogP contribution is -2.05. The average Bonchev–Trinajstić information content (AvgIpc) is 2.29. The molecule has 1 N–H and O–H groups in total. The number of rotatable bonds is 4. The number of carboxylic acid groups (broad SMARTS) is 1. The molecule has 82 valence electrons. The second-order valence-electron chi connectivity index (χ2n) is 3.32. The molecular formula is C12H11NO3. The number of para-hydroxylation sites is 1. The van der Waals surface area contributed by atoms with Crippen molar-refractivity contribution in [3.8, 4) is 5.75 Å². The van der Waals surface area contributed by atoms with Crippen LogP contribution < -0.4 is 4.74 Å². The Hall–Kier alpha value is -2.10. The van der Waals surface area contributed by atoms with Gasteiger partial charge in [-0.25, -0.2) is 0 Å². The van der Waals surface area contributed by atoms with Crippen molar-refractivity contribution >= 4 is 16.9 Å². The third-order valence-corrected chi connectivity index (χ3v) is 2.17. The van der Waals surface area contributed by atoms with E-state index < -0.39 is 5.97 Å². The number of nitrogens with zero attached hydrogens (tertiary/aromatic N) is 1. The standard InChI is InChI=1S/C12H11NO3/c14-11(15)6-8-16-10-5-1-3-9-4-2-7-13-12(9)10/h1-5,7H,6,8H2,(H,14,15). The molecule has 0 unspecified atom stereocenters. The zero-order chi connectivity index (χ0) is 11.4. The number of aromatic nitrogens is 1. The van der Waals surface area contributed by atoms with Gasteiger partial charge < -0.3 is 9.84 Å². The van der Waals surface area contributed by atoms with E-state index in [1.807, 2.05) is 24.3 Å². The third-order valence-electron chi connectivity index (χ3n) is 2.17. The molecule has 4 nitrogen and oxygen atoms in total. The first-order chi connectivity index (χ1) is 7.77. The van der Waals surface area contributed by atoms with Crippen LogP contribution in [0.5, 0.6) is 5.75 Å². The summed E-state index contributed by atoms with van der Waals surface area (Å²) < 4.78 is 5.39. The highest BCUT2D eigenvalue weighted by atomic mass is 16.5. The molecule has 0 amide bonds. The van der Waals surface area contributed by atoms with Crippen LogP contribution in [0.2, 0.25) is 0 Å². The molecule has 0 atom stereocenters. The van der Waals surface area contributed by atoms with Gasteiger partial charge in [-0.2, -0.15) is 0 Å². The van der Waals surface area contributed by atoms with Crippen molar-refractivity contribution in [3.63, 3.8) is 0 Å². The van der Waals surface area contributed by atoms with Gasteiger partial charge in [-0.05, 0) is 12.1 Å². The van der Waals surface area contributed by atoms with Crippen molar-refractivity contribution in [2.75, 3.05) is 6.61 Å². The van der Waals surface area contributed by atoms with E-state index in [0.717, 1.165) is 10.9 Å². The highest BCUT2D eigenvalue weighted by Crippen LogP contribution is 2.22. The summed E-state index contributed by atoms with van der Waals surface area (Å²) in [5, 5.41) is 9.49. The van der Waals surface area contributed by atoms with Crippen molar-refractivity contribution in [2.24, 2.45) is 0 Å². The van der Waals surface area contributed by atoms with Crippen molar-refractivity contribution in [1.29, 1.82) is 0 Å². The van der Waals surface area contributed by atoms with E-state index in [0.29, 0.717) is 5.75 Å². The Balaban J connectivity index is 2.20. The van der Waals surface area contributed by atoms with E-state index in [2.05, 4.69) is 4.98 Å². The van der Waals surface area contributed by atoms with Crippen LogP contribution in [0.4, 0.5) is 0 Å². The van der Waals surface area contributed by atoms with Crippen LogP contribution in [0.1, 0.15) is 6.42 Å². The number of pyridine rings is 1. The van der Waals surface area contributed by atoms with Crippen LogP contribution in [-0.4, -0.2) is 22.7 Å². The number of hydrogen-bond acceptors (Lipinski definition) is 3. The summed E-state index contributed by atoms with van der Waals surface area (Å²) in [4.78, 5) is 14.6. The van der Waals surface area contributed by atoms with Crippen LogP contribution in [0.15, 0.2) is 36.5 Å². The maximum absolute atomic E-state index is 10.4. The van der Waals surface area contributed by atoms with Crippen LogP contribution >= 0.6 is 0 Å². The molecule has 1 aromatic carbocycles. The Kier molecular flexibility index (Phi) is 3.00. The lowest BCUT2D eigenvalue weighted by molar-refractivity contribution is -0.137. The molecule has 0 aliphatic carbocycles. The smallest absolute Gasteiger partial charge is 0.306 e. The van der Waals surface area contributed by atoms with Gasteiger partial charge in [-0.15, -0.1) is 0 Å². The number of fused-ring (bicyclic) bond motifs is 1. The molecule has 0 saturated heterocycles. The van der Waals surface area contributed by atoms with Crippen molar-refractivity contribution in [3.05, 3.63) is 36.5 Å². The summed E-state index contributed by atoms with van der Waals surface area (Å²) in [6.07, 6.45) is 1.68. The first-order valence-electron chi connectivity index (χ1n) is 4.96. The first-order valence-corrected chi connectivity index (χ1v) is 4.96. The zero-order valence-electron chi connectivity index (χ0n) is 8.59. The predicted octanol–water partition coefficient (Wildman–Crippen LogP) is 2.09. The lowest BCUT2D eigenvalue weighted by atomic mass is 10.2. The minimum Gasteiger partial charge on any atom is -0.491 e. The number of benzene rings is 1. The molecule has 0 fully saturated rings. The molecule has 2 aromatic rings. The number of carbonyl (C=O) groups is 1. The van der Waals surface area contributed by atoms with Gasteiger partial charge in [0.05, 0.1) is 13.0 Å². The summed E-state index contributed by atoms with van der Waals surface area (Å²) >= 11 is 0. The van der Waals surface area contributed by atoms with E-state index in [1.54, 1.807) is 12.3 Å². The molecule has 1 heterocycles. The highest BCUT2D eigenvalue weighted by Gasteiger charge is 2.03. The summed E-state index contributed by atoms with van der Waals surface area (Å²) in [6, 6.07) is 9.37. The average molecular weight is 217 g/mol. The topological polar surface area (TPSA) is 59.4 Å². The molecule has 16 heavy (non-hydrogen) atoms. The number of carboxylic acids is 1. The molecule has 1 aromatic heterocycles. The molecule has 0 spiro atoms. The van der Waals surface area contributed by atoms with Crippen LogP contribution in [0.25, 0.3) is 10.9 Å². The fraction of sp³-hybridized carbons (Fsp3) is 0.167. The molecule has 0 saturated carbocycles. The van der Waals surface area contributed by atoms with Gasteiger partial charge in [0.15, 0.2) is 0 Å². The number of ether oxygens (including phenoxy) is 1. The maximum atomic E-state index is 10.4. The molecule has 0 radical (unpaired) electrons. The van der Waals surface area contributed by atoms with E-state index in [-0.39, 0.29) is 13.0 Å². The monoisotopic (exact) mass is 217 g/mol. The zero-order valence-corrected chi connectivity index (χ0v) is 8.59. The van der Waals surface area contributed by atoms with Crippen molar-refractivity contribution < 1.29 is 14.6 Å². The number of hydrogen-bond donors (Lipinski definition) is 1. The summed E-state index contributed by atoms with van der Waals surface area (Å²) in [7, 11) is 0. The van der Waals surface area contributed by atoms with Gasteiger partial charge in [0.1, 0.15) is 11.3 Å². The minimum absolute atomic E-state index is 0.0107. The van der Waals surface area contributed by atoms with E-state index >= 15 is 0 Å². The van der Waals surface area contributed by atoms with Crippen LogP contribution in [0, 0.1) is 0 Å². The van der Waals surface area contributed by atoms with E-state index in [1.165, 1.54) is 0 Å². The summed E-state index contributed by atoms with van der Waals surface area (Å²) in [5.41, 5.74) is 0.760. The largest absolute Gasteiger partial charge is 0.491 e. The fourth-order valence-electron chi connectivity index (χ4n) is 1.44. The lowest BCUT2D eigenvalue weighted by Gasteiger charge is -2.06. The minimum atomic E-state index is -0.867.